The lowest BCUT2D eigenvalue weighted by molar-refractivity contribution is -0.135. The Labute approximate surface area is 208 Å². The largest absolute Gasteiger partial charge is 0.466 e. The Bertz CT molecular complexity index is 947. The molecule has 2 rings (SSSR count). The van der Waals surface area contributed by atoms with Gasteiger partial charge in [0.25, 0.3) is 0 Å². The van der Waals surface area contributed by atoms with E-state index in [9.17, 15) is 14.4 Å². The van der Waals surface area contributed by atoms with Crippen LogP contribution in [-0.4, -0.2) is 42.8 Å². The smallest absolute Gasteiger partial charge is 0.408 e. The molecule has 2 N–H and O–H groups in total. The van der Waals surface area contributed by atoms with Gasteiger partial charge in [0.1, 0.15) is 11.6 Å². The van der Waals surface area contributed by atoms with Gasteiger partial charge in [0.2, 0.25) is 5.91 Å². The summed E-state index contributed by atoms with van der Waals surface area (Å²) in [6.45, 7) is 5.31. The van der Waals surface area contributed by atoms with Crippen LogP contribution < -0.4 is 10.6 Å². The lowest BCUT2D eigenvalue weighted by Gasteiger charge is -2.24. The van der Waals surface area contributed by atoms with E-state index in [-0.39, 0.29) is 8.76 Å². The van der Waals surface area contributed by atoms with Crippen LogP contribution in [0.2, 0.25) is 0 Å². The lowest BCUT2D eigenvalue weighted by atomic mass is 10.0. The number of ether oxygens (including phenoxy) is 2. The minimum Gasteiger partial charge on any atom is -0.466 e. The molecule has 0 aliphatic heterocycles. The molecule has 0 aliphatic rings. The summed E-state index contributed by atoms with van der Waals surface area (Å²) in [5.74, 6) is -0.838. The molecule has 0 bridgehead atoms. The molecule has 0 saturated heterocycles. The normalized spacial score (nSPS) is 13.2. The zero-order chi connectivity index (χ0) is 25.0. The van der Waals surface area contributed by atoms with E-state index in [4.69, 9.17) is 4.74 Å². The maximum Gasteiger partial charge on any atom is 0.408 e. The predicted molar refractivity (Wildman–Crippen MR) is 138 cm³/mol. The summed E-state index contributed by atoms with van der Waals surface area (Å²) >= 11 is 1.60. The number of hydrogen-bond acceptors (Lipinski definition) is 6. The van der Waals surface area contributed by atoms with Gasteiger partial charge < -0.3 is 20.1 Å². The number of carbonyl (C=O) groups excluding carboxylic acids is 3. The van der Waals surface area contributed by atoms with Crippen molar-refractivity contribution >= 4 is 29.3 Å². The van der Waals surface area contributed by atoms with Crippen LogP contribution in [0.4, 0.5) is 4.79 Å². The summed E-state index contributed by atoms with van der Waals surface area (Å²) < 4.78 is 10.0. The minimum absolute atomic E-state index is 0. The maximum absolute atomic E-state index is 13.2. The molecule has 1 aromatic carbocycles. The van der Waals surface area contributed by atoms with Crippen molar-refractivity contribution in [2.24, 2.45) is 0 Å². The zero-order valence-electron chi connectivity index (χ0n) is 20.2. The standard InChI is InChI=1S/C26H34N2O5S.2H2/c1-26(2,3)33-25(31)28-22(16-15-21-11-8-18-34-21)24(30)27-20(14-17-23(29)32-4)13-12-19-9-6-5-7-10-19;;/h5-11,14,17-18,20,22H,12-13,15-16H2,1-4H3,(H,27,30)(H,28,31);2*1H/b17-14+;;/t20-,22-;;/m0../s1. The average molecular weight is 491 g/mol. The number of amides is 2. The quantitative estimate of drug-likeness (QED) is 0.345. The van der Waals surface area contributed by atoms with Crippen LogP contribution in [0.1, 0.15) is 46.9 Å². The Morgan fingerprint density at radius 1 is 1.03 bits per heavy atom. The molecule has 0 fully saturated rings. The van der Waals surface area contributed by atoms with E-state index in [1.54, 1.807) is 38.2 Å². The van der Waals surface area contributed by atoms with E-state index in [1.165, 1.54) is 13.2 Å². The molecule has 34 heavy (non-hydrogen) atoms. The van der Waals surface area contributed by atoms with Gasteiger partial charge in [-0.1, -0.05) is 42.5 Å². The van der Waals surface area contributed by atoms with Crippen LogP contribution in [0.3, 0.4) is 0 Å². The summed E-state index contributed by atoms with van der Waals surface area (Å²) in [6.07, 6.45) is 4.61. The Hall–Kier alpha value is -3.13. The molecule has 2 amide bonds. The Kier molecular flexibility index (Phi) is 10.8. The summed E-state index contributed by atoms with van der Waals surface area (Å²) in [7, 11) is 1.30. The molecule has 0 unspecified atom stereocenters. The van der Waals surface area contributed by atoms with E-state index in [0.717, 1.165) is 10.4 Å². The molecular formula is C26H38N2O5S. The number of hydrogen-bond donors (Lipinski definition) is 2. The molecule has 0 aliphatic carbocycles. The second-order valence-electron chi connectivity index (χ2n) is 8.84. The molecule has 2 aromatic rings. The van der Waals surface area contributed by atoms with E-state index in [0.29, 0.717) is 25.7 Å². The Morgan fingerprint density at radius 3 is 2.38 bits per heavy atom. The molecular weight excluding hydrogens is 452 g/mol. The monoisotopic (exact) mass is 490 g/mol. The molecule has 188 valence electrons. The number of methoxy groups -OCH3 is 1. The van der Waals surface area contributed by atoms with E-state index < -0.39 is 29.7 Å². The molecule has 0 spiro atoms. The van der Waals surface area contributed by atoms with E-state index in [1.807, 2.05) is 47.8 Å². The van der Waals surface area contributed by atoms with Crippen LogP contribution in [0, 0.1) is 0 Å². The number of nitrogens with one attached hydrogen (secondary N) is 2. The highest BCUT2D eigenvalue weighted by Gasteiger charge is 2.25. The molecule has 0 radical (unpaired) electrons. The van der Waals surface area contributed by atoms with E-state index >= 15 is 0 Å². The van der Waals surface area contributed by atoms with Crippen LogP contribution in [0.15, 0.2) is 60.0 Å². The number of esters is 1. The second-order valence-corrected chi connectivity index (χ2v) is 9.87. The number of alkyl carbamates (subject to hydrolysis) is 1. The topological polar surface area (TPSA) is 93.7 Å². The van der Waals surface area contributed by atoms with Crippen LogP contribution in [0.5, 0.6) is 0 Å². The highest BCUT2D eigenvalue weighted by Crippen LogP contribution is 2.14. The first-order chi connectivity index (χ1) is 16.2. The van der Waals surface area contributed by atoms with Gasteiger partial charge in [-0.3, -0.25) is 4.79 Å². The molecule has 1 heterocycles. The molecule has 1 aromatic heterocycles. The Balaban J connectivity index is 0.00000612. The van der Waals surface area contributed by atoms with Crippen molar-refractivity contribution in [3.63, 3.8) is 0 Å². The van der Waals surface area contributed by atoms with Crippen molar-refractivity contribution in [3.05, 3.63) is 70.4 Å². The average Bonchev–Trinajstić information content (AvgIpc) is 3.31. The van der Waals surface area contributed by atoms with Crippen molar-refractivity contribution in [1.82, 2.24) is 10.6 Å². The van der Waals surface area contributed by atoms with Gasteiger partial charge in [-0.05, 0) is 63.5 Å². The number of carbonyl (C=O) groups is 3. The van der Waals surface area contributed by atoms with Crippen LogP contribution in [0.25, 0.3) is 0 Å². The van der Waals surface area contributed by atoms with Crippen molar-refractivity contribution in [2.45, 2.75) is 64.1 Å². The van der Waals surface area contributed by atoms with Gasteiger partial charge in [0, 0.05) is 19.8 Å². The fourth-order valence-corrected chi connectivity index (χ4v) is 3.91. The first kappa shape index (κ1) is 27.1. The van der Waals surface area contributed by atoms with Gasteiger partial charge in [-0.15, -0.1) is 11.3 Å². The second kappa shape index (κ2) is 13.5. The summed E-state index contributed by atoms with van der Waals surface area (Å²) in [4.78, 5) is 38.4. The Morgan fingerprint density at radius 2 is 1.76 bits per heavy atom. The van der Waals surface area contributed by atoms with Gasteiger partial charge in [0.15, 0.2) is 0 Å². The van der Waals surface area contributed by atoms with Crippen molar-refractivity contribution in [2.75, 3.05) is 7.11 Å². The van der Waals surface area contributed by atoms with Gasteiger partial charge in [0.05, 0.1) is 7.11 Å². The van der Waals surface area contributed by atoms with E-state index in [2.05, 4.69) is 15.4 Å². The van der Waals surface area contributed by atoms with Gasteiger partial charge in [-0.25, -0.2) is 9.59 Å². The highest BCUT2D eigenvalue weighted by molar-refractivity contribution is 7.09. The molecule has 0 saturated carbocycles. The third-order valence-electron chi connectivity index (χ3n) is 4.85. The third-order valence-corrected chi connectivity index (χ3v) is 5.78. The predicted octanol–water partition coefficient (Wildman–Crippen LogP) is 4.91. The fourth-order valence-electron chi connectivity index (χ4n) is 3.19. The highest BCUT2D eigenvalue weighted by atomic mass is 32.1. The van der Waals surface area contributed by atoms with Gasteiger partial charge >= 0.3 is 12.1 Å². The summed E-state index contributed by atoms with van der Waals surface area (Å²) in [6, 6.07) is 12.6. The molecule has 2 atom stereocenters. The lowest BCUT2D eigenvalue weighted by Crippen LogP contribution is -2.50. The fraction of sp³-hybridized carbons (Fsp3) is 0.423. The summed E-state index contributed by atoms with van der Waals surface area (Å²) in [5.41, 5.74) is 0.440. The van der Waals surface area contributed by atoms with Crippen molar-refractivity contribution in [1.29, 1.82) is 0 Å². The number of rotatable bonds is 11. The molecule has 8 heteroatoms. The van der Waals surface area contributed by atoms with Crippen molar-refractivity contribution in [3.8, 4) is 0 Å². The molecule has 7 nitrogen and oxygen atoms in total. The maximum atomic E-state index is 13.2. The minimum atomic E-state index is -0.789. The number of aryl methyl sites for hydroxylation is 2. The first-order valence-electron chi connectivity index (χ1n) is 11.3. The third kappa shape index (κ3) is 10.7. The van der Waals surface area contributed by atoms with Gasteiger partial charge in [-0.2, -0.15) is 0 Å². The zero-order valence-corrected chi connectivity index (χ0v) is 21.0. The SMILES string of the molecule is COC(=O)/C=C/[C@H](CCc1ccccc1)NC(=O)[C@H](CCc1cccs1)NC(=O)OC(C)(C)C.[HH].[HH]. The van der Waals surface area contributed by atoms with Crippen molar-refractivity contribution < 1.29 is 26.7 Å². The van der Waals surface area contributed by atoms with Crippen LogP contribution >= 0.6 is 11.3 Å². The van der Waals surface area contributed by atoms with Crippen LogP contribution in [-0.2, 0) is 31.9 Å². The first-order valence-corrected chi connectivity index (χ1v) is 12.2. The number of benzene rings is 1. The summed E-state index contributed by atoms with van der Waals surface area (Å²) in [5, 5.41) is 7.65. The number of thiophene rings is 1.